The summed E-state index contributed by atoms with van der Waals surface area (Å²) >= 11 is 6.09. The monoisotopic (exact) mass is 451 g/mol. The van der Waals surface area contributed by atoms with Crippen molar-refractivity contribution < 1.29 is 18.0 Å². The quantitative estimate of drug-likeness (QED) is 0.563. The summed E-state index contributed by atoms with van der Waals surface area (Å²) in [7, 11) is 0. The van der Waals surface area contributed by atoms with Gasteiger partial charge in [-0.1, -0.05) is 24.6 Å². The van der Waals surface area contributed by atoms with Crippen LogP contribution in [0.4, 0.5) is 18.9 Å². The molecule has 0 aliphatic rings. The Morgan fingerprint density at radius 2 is 1.77 bits per heavy atom. The molecule has 2 aromatic carbocycles. The van der Waals surface area contributed by atoms with Crippen molar-refractivity contribution in [2.75, 3.05) is 5.32 Å². The van der Waals surface area contributed by atoms with Gasteiger partial charge in [0.15, 0.2) is 0 Å². The number of fused-ring (bicyclic) bond motifs is 1. The summed E-state index contributed by atoms with van der Waals surface area (Å²) in [5.74, 6) is -0.622. The van der Waals surface area contributed by atoms with Crippen LogP contribution < -0.4 is 10.9 Å². The van der Waals surface area contributed by atoms with Crippen LogP contribution in [0.15, 0.2) is 35.1 Å². The number of alkyl halides is 3. The Kier molecular flexibility index (Phi) is 6.14. The zero-order valence-corrected chi connectivity index (χ0v) is 18.1. The molecule has 31 heavy (non-hydrogen) atoms. The second kappa shape index (κ2) is 8.34. The number of anilines is 1. The lowest BCUT2D eigenvalue weighted by Gasteiger charge is -2.22. The zero-order valence-electron chi connectivity index (χ0n) is 17.4. The van der Waals surface area contributed by atoms with E-state index in [1.54, 1.807) is 52.0 Å². The smallest absolute Gasteiger partial charge is 0.324 e. The Bertz CT molecular complexity index is 1240. The Morgan fingerprint density at radius 1 is 1.13 bits per heavy atom. The predicted octanol–water partition coefficient (Wildman–Crippen LogP) is 5.58. The number of carbonyl (C=O) groups is 1. The highest BCUT2D eigenvalue weighted by Gasteiger charge is 2.38. The number of hydrogen-bond acceptors (Lipinski definition) is 3. The van der Waals surface area contributed by atoms with E-state index in [0.29, 0.717) is 10.7 Å². The van der Waals surface area contributed by atoms with E-state index in [9.17, 15) is 22.8 Å². The van der Waals surface area contributed by atoms with Gasteiger partial charge in [-0.05, 0) is 68.1 Å². The van der Waals surface area contributed by atoms with E-state index >= 15 is 0 Å². The first-order valence-corrected chi connectivity index (χ1v) is 9.99. The lowest BCUT2D eigenvalue weighted by Crippen LogP contribution is -2.37. The Labute approximate surface area is 181 Å². The molecule has 0 fully saturated rings. The fourth-order valence-electron chi connectivity index (χ4n) is 3.34. The molecule has 1 N–H and O–H groups in total. The van der Waals surface area contributed by atoms with Crippen LogP contribution in [-0.4, -0.2) is 15.5 Å². The van der Waals surface area contributed by atoms with Crippen molar-refractivity contribution in [2.45, 2.75) is 46.3 Å². The van der Waals surface area contributed by atoms with E-state index < -0.39 is 29.4 Å². The molecule has 0 radical (unpaired) electrons. The van der Waals surface area contributed by atoms with Crippen LogP contribution in [-0.2, 0) is 11.0 Å². The SMILES string of the molecule is CCC(C(=O)Nc1ccc(C)c(Cl)c1)n1c(=O)c(C(F)(F)F)nc2cc(C)c(C)cc21. The molecule has 0 saturated heterocycles. The van der Waals surface area contributed by atoms with Gasteiger partial charge in [-0.2, -0.15) is 13.2 Å². The van der Waals surface area contributed by atoms with Gasteiger partial charge >= 0.3 is 6.18 Å². The fourth-order valence-corrected chi connectivity index (χ4v) is 3.52. The van der Waals surface area contributed by atoms with Crippen LogP contribution in [0.1, 0.15) is 41.8 Å². The van der Waals surface area contributed by atoms with Gasteiger partial charge in [0, 0.05) is 10.7 Å². The zero-order chi connectivity index (χ0) is 23.1. The first-order valence-electron chi connectivity index (χ1n) is 9.61. The van der Waals surface area contributed by atoms with Gasteiger partial charge in [-0.15, -0.1) is 0 Å². The number of hydrogen-bond donors (Lipinski definition) is 1. The molecule has 9 heteroatoms. The van der Waals surface area contributed by atoms with E-state index in [4.69, 9.17) is 11.6 Å². The highest BCUT2D eigenvalue weighted by molar-refractivity contribution is 6.31. The summed E-state index contributed by atoms with van der Waals surface area (Å²) in [6.07, 6.45) is -4.86. The molecule has 3 rings (SSSR count). The number of benzene rings is 2. The van der Waals surface area contributed by atoms with Crippen molar-refractivity contribution in [3.63, 3.8) is 0 Å². The summed E-state index contributed by atoms with van der Waals surface area (Å²) in [6, 6.07) is 6.78. The minimum absolute atomic E-state index is 0.000319. The Morgan fingerprint density at radius 3 is 2.35 bits per heavy atom. The summed E-state index contributed by atoms with van der Waals surface area (Å²) < 4.78 is 41.5. The van der Waals surface area contributed by atoms with Crippen molar-refractivity contribution in [2.24, 2.45) is 0 Å². The van der Waals surface area contributed by atoms with Crippen LogP contribution in [0.2, 0.25) is 5.02 Å². The molecular formula is C22H21ClF3N3O2. The third kappa shape index (κ3) is 4.44. The summed E-state index contributed by atoms with van der Waals surface area (Å²) in [5.41, 5.74) is -0.0464. The van der Waals surface area contributed by atoms with Gasteiger partial charge < -0.3 is 5.32 Å². The summed E-state index contributed by atoms with van der Waals surface area (Å²) in [6.45, 7) is 6.94. The van der Waals surface area contributed by atoms with Crippen molar-refractivity contribution in [3.8, 4) is 0 Å². The second-order valence-electron chi connectivity index (χ2n) is 7.44. The first kappa shape index (κ1) is 22.8. The minimum atomic E-state index is -4.95. The standard InChI is InChI=1S/C22H21ClF3N3O2/c1-5-17(20(30)27-14-7-6-11(2)15(23)10-14)29-18-9-13(4)12(3)8-16(18)28-19(21(29)31)22(24,25)26/h6-10,17H,5H2,1-4H3,(H,27,30). The van der Waals surface area contributed by atoms with Crippen molar-refractivity contribution in [3.05, 3.63) is 68.1 Å². The fraction of sp³-hybridized carbons (Fsp3) is 0.318. The molecule has 1 amide bonds. The number of halogens is 4. The lowest BCUT2D eigenvalue weighted by molar-refractivity contribution is -0.142. The van der Waals surface area contributed by atoms with Crippen LogP contribution in [0.3, 0.4) is 0 Å². The van der Waals surface area contributed by atoms with Crippen LogP contribution in [0.5, 0.6) is 0 Å². The van der Waals surface area contributed by atoms with Crippen molar-refractivity contribution >= 4 is 34.2 Å². The molecule has 0 aliphatic carbocycles. The minimum Gasteiger partial charge on any atom is -0.324 e. The highest BCUT2D eigenvalue weighted by atomic mass is 35.5. The Balaban J connectivity index is 2.20. The van der Waals surface area contributed by atoms with Crippen molar-refractivity contribution in [1.29, 1.82) is 0 Å². The Hall–Kier alpha value is -2.87. The highest BCUT2D eigenvalue weighted by Crippen LogP contribution is 2.29. The van der Waals surface area contributed by atoms with E-state index in [1.807, 2.05) is 0 Å². The molecule has 5 nitrogen and oxygen atoms in total. The molecule has 0 bridgehead atoms. The number of aromatic nitrogens is 2. The number of amides is 1. The second-order valence-corrected chi connectivity index (χ2v) is 7.84. The predicted molar refractivity (Wildman–Crippen MR) is 115 cm³/mol. The van der Waals surface area contributed by atoms with E-state index in [2.05, 4.69) is 10.3 Å². The van der Waals surface area contributed by atoms with Gasteiger partial charge in [0.25, 0.3) is 5.56 Å². The average Bonchev–Trinajstić information content (AvgIpc) is 2.67. The maximum absolute atomic E-state index is 13.5. The van der Waals surface area contributed by atoms with Gasteiger partial charge in [0.2, 0.25) is 11.6 Å². The molecule has 3 aromatic rings. The molecule has 164 valence electrons. The third-order valence-electron chi connectivity index (χ3n) is 5.21. The topological polar surface area (TPSA) is 64.0 Å². The van der Waals surface area contributed by atoms with E-state index in [0.717, 1.165) is 21.3 Å². The van der Waals surface area contributed by atoms with Crippen LogP contribution in [0, 0.1) is 20.8 Å². The maximum Gasteiger partial charge on any atom is 0.438 e. The van der Waals surface area contributed by atoms with Gasteiger partial charge in [-0.25, -0.2) is 4.98 Å². The lowest BCUT2D eigenvalue weighted by atomic mass is 10.1. The van der Waals surface area contributed by atoms with Gasteiger partial charge in [0.1, 0.15) is 6.04 Å². The molecule has 1 atom stereocenters. The molecule has 0 spiro atoms. The van der Waals surface area contributed by atoms with Gasteiger partial charge in [0.05, 0.1) is 11.0 Å². The number of rotatable bonds is 4. The van der Waals surface area contributed by atoms with Gasteiger partial charge in [-0.3, -0.25) is 14.2 Å². The number of nitrogens with zero attached hydrogens (tertiary/aromatic N) is 2. The first-order chi connectivity index (χ1) is 14.4. The molecule has 1 heterocycles. The van der Waals surface area contributed by atoms with E-state index in [-0.39, 0.29) is 17.5 Å². The molecule has 0 aliphatic heterocycles. The average molecular weight is 452 g/mol. The van der Waals surface area contributed by atoms with Crippen molar-refractivity contribution in [1.82, 2.24) is 9.55 Å². The maximum atomic E-state index is 13.5. The number of nitrogens with one attached hydrogen (secondary N) is 1. The van der Waals surface area contributed by atoms with E-state index in [1.165, 1.54) is 6.07 Å². The number of aryl methyl sites for hydroxylation is 3. The largest absolute Gasteiger partial charge is 0.438 e. The third-order valence-corrected chi connectivity index (χ3v) is 5.62. The van der Waals surface area contributed by atoms with Crippen LogP contribution >= 0.6 is 11.6 Å². The summed E-state index contributed by atoms with van der Waals surface area (Å²) in [5, 5.41) is 3.08. The summed E-state index contributed by atoms with van der Waals surface area (Å²) in [4.78, 5) is 29.5. The number of carbonyl (C=O) groups excluding carboxylic acids is 1. The molecular weight excluding hydrogens is 431 g/mol. The van der Waals surface area contributed by atoms with Crippen LogP contribution in [0.25, 0.3) is 11.0 Å². The molecule has 1 aromatic heterocycles. The normalized spacial score (nSPS) is 12.8. The molecule has 1 unspecified atom stereocenters. The molecule has 0 saturated carbocycles.